The molecule has 5 rings (SSSR count). The van der Waals surface area contributed by atoms with Gasteiger partial charge >= 0.3 is 0 Å². The van der Waals surface area contributed by atoms with Gasteiger partial charge in [0.25, 0.3) is 5.91 Å². The van der Waals surface area contributed by atoms with E-state index < -0.39 is 0 Å². The molecule has 2 aromatic carbocycles. The number of amides is 1. The molecule has 0 unspecified atom stereocenters. The number of rotatable bonds is 3. The number of hydrogen-bond acceptors (Lipinski definition) is 5. The van der Waals surface area contributed by atoms with Crippen molar-refractivity contribution in [2.45, 2.75) is 0 Å². The lowest BCUT2D eigenvalue weighted by atomic mass is 10.1. The summed E-state index contributed by atoms with van der Waals surface area (Å²) in [6.07, 6.45) is 1.76. The summed E-state index contributed by atoms with van der Waals surface area (Å²) in [5.41, 5.74) is 5.08. The topological polar surface area (TPSA) is 69.0 Å². The van der Waals surface area contributed by atoms with Gasteiger partial charge in [-0.05, 0) is 48.5 Å². The highest BCUT2D eigenvalue weighted by Crippen LogP contribution is 2.35. The lowest BCUT2D eigenvalue weighted by Gasteiger charge is -2.26. The maximum atomic E-state index is 12.0. The van der Waals surface area contributed by atoms with Crippen molar-refractivity contribution in [3.63, 3.8) is 0 Å². The Morgan fingerprint density at radius 3 is 2.62 bits per heavy atom. The summed E-state index contributed by atoms with van der Waals surface area (Å²) >= 11 is 0. The molecule has 0 radical (unpaired) electrons. The molecule has 0 aliphatic carbocycles. The highest BCUT2D eigenvalue weighted by molar-refractivity contribution is 5.98. The van der Waals surface area contributed by atoms with Crippen molar-refractivity contribution in [3.05, 3.63) is 60.8 Å². The van der Waals surface area contributed by atoms with Crippen LogP contribution in [0.3, 0.4) is 0 Å². The van der Waals surface area contributed by atoms with Crippen molar-refractivity contribution >= 4 is 17.2 Å². The van der Waals surface area contributed by atoms with Gasteiger partial charge in [-0.2, -0.15) is 5.10 Å². The largest absolute Gasteiger partial charge is 0.497 e. The van der Waals surface area contributed by atoms with Crippen LogP contribution in [-0.2, 0) is 4.79 Å². The smallest absolute Gasteiger partial charge is 0.264 e. The minimum absolute atomic E-state index is 0.0622. The fourth-order valence-corrected chi connectivity index (χ4v) is 3.45. The Morgan fingerprint density at radius 1 is 1.03 bits per heavy atom. The zero-order valence-electron chi connectivity index (χ0n) is 16.0. The molecule has 1 aliphatic rings. The zero-order chi connectivity index (χ0) is 20.0. The van der Waals surface area contributed by atoms with E-state index in [2.05, 4.69) is 4.98 Å². The van der Waals surface area contributed by atoms with E-state index in [9.17, 15) is 4.79 Å². The van der Waals surface area contributed by atoms with Crippen LogP contribution in [0, 0.1) is 0 Å². The molecule has 0 spiro atoms. The van der Waals surface area contributed by atoms with Gasteiger partial charge in [-0.15, -0.1) is 0 Å². The summed E-state index contributed by atoms with van der Waals surface area (Å²) in [5, 5.41) is 4.76. The maximum Gasteiger partial charge on any atom is 0.264 e. The molecular weight excluding hydrogens is 368 g/mol. The molecule has 144 valence electrons. The first-order valence-electron chi connectivity index (χ1n) is 9.17. The summed E-state index contributed by atoms with van der Waals surface area (Å²) in [7, 11) is 3.40. The Hall–Kier alpha value is -3.87. The van der Waals surface area contributed by atoms with E-state index >= 15 is 0 Å². The number of likely N-dealkylation sites (N-methyl/N-ethyl adjacent to an activating group) is 1. The fourth-order valence-electron chi connectivity index (χ4n) is 3.45. The number of nitrogens with zero attached hydrogens (tertiary/aromatic N) is 4. The Balaban J connectivity index is 1.61. The van der Waals surface area contributed by atoms with E-state index in [1.807, 2.05) is 59.1 Å². The number of carbonyl (C=O) groups excluding carboxylic acids is 1. The number of hydrogen-bond donors (Lipinski definition) is 0. The number of aromatic nitrogens is 3. The highest BCUT2D eigenvalue weighted by atomic mass is 16.5. The fraction of sp³-hybridized carbons (Fsp3) is 0.136. The first kappa shape index (κ1) is 17.2. The molecule has 0 atom stereocenters. The van der Waals surface area contributed by atoms with Crippen molar-refractivity contribution < 1.29 is 14.3 Å². The van der Waals surface area contributed by atoms with Gasteiger partial charge in [0.15, 0.2) is 12.3 Å². The van der Waals surface area contributed by atoms with Crippen LogP contribution in [0.5, 0.6) is 11.5 Å². The average molecular weight is 386 g/mol. The van der Waals surface area contributed by atoms with E-state index in [1.165, 1.54) is 0 Å². The number of anilines is 1. The van der Waals surface area contributed by atoms with E-state index in [0.29, 0.717) is 5.75 Å². The van der Waals surface area contributed by atoms with Crippen LogP contribution in [0.4, 0.5) is 5.69 Å². The average Bonchev–Trinajstić information content (AvgIpc) is 3.21. The second kappa shape index (κ2) is 6.63. The third-order valence-corrected chi connectivity index (χ3v) is 5.09. The molecule has 4 aromatic rings. The van der Waals surface area contributed by atoms with Gasteiger partial charge in [0, 0.05) is 30.4 Å². The van der Waals surface area contributed by atoms with Gasteiger partial charge in [-0.1, -0.05) is 0 Å². The Labute approximate surface area is 167 Å². The van der Waals surface area contributed by atoms with Crippen molar-refractivity contribution in [1.82, 2.24) is 14.6 Å². The Kier molecular flexibility index (Phi) is 3.94. The molecular formula is C22H18N4O3. The zero-order valence-corrected chi connectivity index (χ0v) is 16.0. The number of fused-ring (bicyclic) bond motifs is 2. The maximum absolute atomic E-state index is 12.0. The first-order chi connectivity index (χ1) is 14.1. The molecule has 7 nitrogen and oxygen atoms in total. The van der Waals surface area contributed by atoms with Crippen LogP contribution >= 0.6 is 0 Å². The molecule has 0 bridgehead atoms. The van der Waals surface area contributed by atoms with E-state index in [-0.39, 0.29) is 12.5 Å². The normalized spacial score (nSPS) is 13.3. The predicted molar refractivity (Wildman–Crippen MR) is 109 cm³/mol. The van der Waals surface area contributed by atoms with Crippen molar-refractivity contribution in [2.24, 2.45) is 0 Å². The van der Waals surface area contributed by atoms with Crippen LogP contribution in [0.2, 0.25) is 0 Å². The quantitative estimate of drug-likeness (QED) is 0.540. The summed E-state index contributed by atoms with van der Waals surface area (Å²) in [6, 6.07) is 17.4. The molecule has 0 saturated carbocycles. The van der Waals surface area contributed by atoms with Crippen molar-refractivity contribution in [1.29, 1.82) is 0 Å². The molecule has 3 heterocycles. The second-order valence-electron chi connectivity index (χ2n) is 6.78. The Morgan fingerprint density at radius 2 is 1.83 bits per heavy atom. The van der Waals surface area contributed by atoms with Gasteiger partial charge in [0.1, 0.15) is 11.5 Å². The van der Waals surface area contributed by atoms with Crippen LogP contribution in [-0.4, -0.2) is 41.3 Å². The van der Waals surface area contributed by atoms with Crippen LogP contribution < -0.4 is 14.4 Å². The second-order valence-corrected chi connectivity index (χ2v) is 6.78. The summed E-state index contributed by atoms with van der Waals surface area (Å²) in [5.74, 6) is 1.42. The van der Waals surface area contributed by atoms with Gasteiger partial charge in [0.05, 0.1) is 24.2 Å². The Bertz CT molecular complexity index is 1230. The van der Waals surface area contributed by atoms with Crippen LogP contribution in [0.15, 0.2) is 60.8 Å². The highest BCUT2D eigenvalue weighted by Gasteiger charge is 2.23. The van der Waals surface area contributed by atoms with Gasteiger partial charge in [-0.3, -0.25) is 4.79 Å². The SMILES string of the molecule is COc1ccc(-c2cc3nccc(-c4ccc5c(c4)N(C)C(=O)CO5)n3n2)cc1. The minimum Gasteiger partial charge on any atom is -0.497 e. The standard InChI is InChI=1S/C22H18N4O3/c1-25-19-11-15(5-8-20(19)29-13-22(25)27)18-9-10-23-21-12-17(24-26(18)21)14-3-6-16(28-2)7-4-14/h3-12H,13H2,1-2H3. The van der Waals surface area contributed by atoms with Gasteiger partial charge < -0.3 is 14.4 Å². The van der Waals surface area contributed by atoms with Crippen molar-refractivity contribution in [2.75, 3.05) is 25.7 Å². The molecule has 2 aromatic heterocycles. The molecule has 1 aliphatic heterocycles. The number of methoxy groups -OCH3 is 1. The summed E-state index contributed by atoms with van der Waals surface area (Å²) < 4.78 is 12.6. The van der Waals surface area contributed by atoms with Crippen LogP contribution in [0.1, 0.15) is 0 Å². The van der Waals surface area contributed by atoms with E-state index in [1.54, 1.807) is 25.3 Å². The van der Waals surface area contributed by atoms with Crippen LogP contribution in [0.25, 0.3) is 28.2 Å². The van der Waals surface area contributed by atoms with Crippen molar-refractivity contribution in [3.8, 4) is 34.0 Å². The molecule has 29 heavy (non-hydrogen) atoms. The number of ether oxygens (including phenoxy) is 2. The third-order valence-electron chi connectivity index (χ3n) is 5.09. The first-order valence-corrected chi connectivity index (χ1v) is 9.17. The molecule has 1 amide bonds. The molecule has 0 fully saturated rings. The van der Waals surface area contributed by atoms with Gasteiger partial charge in [-0.25, -0.2) is 9.50 Å². The number of benzene rings is 2. The summed E-state index contributed by atoms with van der Waals surface area (Å²) in [6.45, 7) is 0.0622. The predicted octanol–water partition coefficient (Wildman–Crippen LogP) is 3.43. The minimum atomic E-state index is -0.0737. The van der Waals surface area contributed by atoms with E-state index in [4.69, 9.17) is 14.6 Å². The molecule has 7 heteroatoms. The number of carbonyl (C=O) groups is 1. The third kappa shape index (κ3) is 2.87. The lowest BCUT2D eigenvalue weighted by molar-refractivity contribution is -0.120. The molecule has 0 saturated heterocycles. The van der Waals surface area contributed by atoms with E-state index in [0.717, 1.165) is 39.6 Å². The molecule has 0 N–H and O–H groups in total. The van der Waals surface area contributed by atoms with Gasteiger partial charge in [0.2, 0.25) is 0 Å². The summed E-state index contributed by atoms with van der Waals surface area (Å²) in [4.78, 5) is 18.1. The monoisotopic (exact) mass is 386 g/mol. The lowest BCUT2D eigenvalue weighted by Crippen LogP contribution is -2.35.